The molecule has 1 aromatic heterocycles. The van der Waals surface area contributed by atoms with Crippen LogP contribution in [0.4, 0.5) is 0 Å². The lowest BCUT2D eigenvalue weighted by Gasteiger charge is -2.15. The molecule has 1 heteroatoms. The van der Waals surface area contributed by atoms with Gasteiger partial charge < -0.3 is 4.42 Å². The van der Waals surface area contributed by atoms with E-state index in [9.17, 15) is 0 Å². The van der Waals surface area contributed by atoms with Crippen LogP contribution < -0.4 is 0 Å². The lowest BCUT2D eigenvalue weighted by molar-refractivity contribution is 0.670. The van der Waals surface area contributed by atoms with E-state index in [0.29, 0.717) is 0 Å². The van der Waals surface area contributed by atoms with Crippen LogP contribution in [0.1, 0.15) is 0 Å². The Labute approximate surface area is 270 Å². The fourth-order valence-electron chi connectivity index (χ4n) is 8.16. The van der Waals surface area contributed by atoms with E-state index in [4.69, 9.17) is 4.42 Å². The molecule has 1 nitrogen and oxygen atoms in total. The van der Waals surface area contributed by atoms with Crippen molar-refractivity contribution in [3.8, 4) is 22.3 Å². The Morgan fingerprint density at radius 3 is 1.74 bits per heavy atom. The lowest BCUT2D eigenvalue weighted by atomic mass is 9.88. The molecule has 0 N–H and O–H groups in total. The largest absolute Gasteiger partial charge is 0.455 e. The van der Waals surface area contributed by atoms with Crippen molar-refractivity contribution in [3.63, 3.8) is 0 Å². The third-order valence-electron chi connectivity index (χ3n) is 10.4. The van der Waals surface area contributed by atoms with Gasteiger partial charge in [0.25, 0.3) is 0 Å². The molecule has 11 rings (SSSR count). The van der Waals surface area contributed by atoms with E-state index in [0.717, 1.165) is 27.5 Å². The van der Waals surface area contributed by atoms with Gasteiger partial charge in [-0.15, -0.1) is 0 Å². The maximum absolute atomic E-state index is 6.96. The number of furan rings is 1. The summed E-state index contributed by atoms with van der Waals surface area (Å²) in [5.74, 6) is 0. The smallest absolute Gasteiger partial charge is 0.143 e. The second kappa shape index (κ2) is 9.19. The fraction of sp³-hybridized carbons (Fsp3) is 0. The van der Waals surface area contributed by atoms with Crippen LogP contribution in [-0.2, 0) is 0 Å². The molecule has 0 amide bonds. The summed E-state index contributed by atoms with van der Waals surface area (Å²) in [5.41, 5.74) is 6.53. The van der Waals surface area contributed by atoms with Gasteiger partial charge in [-0.1, -0.05) is 133 Å². The Balaban J connectivity index is 1.26. The van der Waals surface area contributed by atoms with Crippen molar-refractivity contribution in [2.24, 2.45) is 0 Å². The lowest BCUT2D eigenvalue weighted by Crippen LogP contribution is -1.89. The Bertz CT molecular complexity index is 3050. The molecule has 0 bridgehead atoms. The second-order valence-corrected chi connectivity index (χ2v) is 12.9. The van der Waals surface area contributed by atoms with E-state index in [-0.39, 0.29) is 0 Å². The first-order chi connectivity index (χ1) is 23.3. The zero-order valence-electron chi connectivity index (χ0n) is 25.4. The quantitative estimate of drug-likeness (QED) is 0.182. The molecule has 0 aliphatic rings. The van der Waals surface area contributed by atoms with Crippen LogP contribution in [0.3, 0.4) is 0 Å². The molecule has 216 valence electrons. The number of hydrogen-bond donors (Lipinski definition) is 0. The Morgan fingerprint density at radius 1 is 0.298 bits per heavy atom. The van der Waals surface area contributed by atoms with Gasteiger partial charge in [-0.2, -0.15) is 0 Å². The maximum atomic E-state index is 6.96. The Morgan fingerprint density at radius 2 is 0.894 bits per heavy atom. The van der Waals surface area contributed by atoms with Crippen LogP contribution in [0, 0.1) is 0 Å². The van der Waals surface area contributed by atoms with Gasteiger partial charge in [-0.05, 0) is 106 Å². The van der Waals surface area contributed by atoms with Crippen LogP contribution in [0.15, 0.2) is 162 Å². The van der Waals surface area contributed by atoms with Crippen molar-refractivity contribution in [1.29, 1.82) is 0 Å². The van der Waals surface area contributed by atoms with Crippen LogP contribution in [0.5, 0.6) is 0 Å². The summed E-state index contributed by atoms with van der Waals surface area (Å²) in [5, 5.41) is 17.5. The monoisotopic (exact) mass is 594 g/mol. The Hall–Kier alpha value is -6.18. The molecular formula is C46H26O. The minimum atomic E-state index is 0.913. The van der Waals surface area contributed by atoms with Gasteiger partial charge in [0.2, 0.25) is 0 Å². The summed E-state index contributed by atoms with van der Waals surface area (Å²) in [6.45, 7) is 0. The second-order valence-electron chi connectivity index (χ2n) is 12.9. The summed E-state index contributed by atoms with van der Waals surface area (Å²) in [7, 11) is 0. The molecule has 0 aliphatic carbocycles. The fourth-order valence-corrected chi connectivity index (χ4v) is 8.16. The summed E-state index contributed by atoms with van der Waals surface area (Å²) in [6.07, 6.45) is 0. The average molecular weight is 595 g/mol. The highest BCUT2D eigenvalue weighted by Gasteiger charge is 2.20. The Kier molecular flexibility index (Phi) is 4.90. The van der Waals surface area contributed by atoms with E-state index >= 15 is 0 Å². The minimum Gasteiger partial charge on any atom is -0.455 e. The van der Waals surface area contributed by atoms with E-state index in [1.54, 1.807) is 0 Å². The van der Waals surface area contributed by atoms with E-state index in [2.05, 4.69) is 158 Å². The van der Waals surface area contributed by atoms with Crippen molar-refractivity contribution < 1.29 is 4.42 Å². The van der Waals surface area contributed by atoms with Crippen LogP contribution in [-0.4, -0.2) is 0 Å². The molecular weight excluding hydrogens is 569 g/mol. The van der Waals surface area contributed by atoms with Gasteiger partial charge in [-0.3, -0.25) is 0 Å². The molecule has 0 unspecified atom stereocenters. The van der Waals surface area contributed by atoms with E-state index < -0.39 is 0 Å². The first kappa shape index (κ1) is 25.1. The molecule has 0 aliphatic heterocycles. The molecule has 1 heterocycles. The summed E-state index contributed by atoms with van der Waals surface area (Å²) in [4.78, 5) is 0. The third kappa shape index (κ3) is 3.49. The molecule has 47 heavy (non-hydrogen) atoms. The maximum Gasteiger partial charge on any atom is 0.143 e. The molecule has 0 radical (unpaired) electrons. The van der Waals surface area contributed by atoms with Gasteiger partial charge >= 0.3 is 0 Å². The average Bonchev–Trinajstić information content (AvgIpc) is 3.50. The highest BCUT2D eigenvalue weighted by Crippen LogP contribution is 2.46. The summed E-state index contributed by atoms with van der Waals surface area (Å²) in [6, 6.07) is 57.9. The van der Waals surface area contributed by atoms with Crippen LogP contribution in [0.2, 0.25) is 0 Å². The normalized spacial score (nSPS) is 12.3. The van der Waals surface area contributed by atoms with Crippen molar-refractivity contribution in [1.82, 2.24) is 0 Å². The number of fused-ring (bicyclic) bond motifs is 7. The van der Waals surface area contributed by atoms with E-state index in [1.165, 1.54) is 81.3 Å². The van der Waals surface area contributed by atoms with Gasteiger partial charge in [0.05, 0.1) is 0 Å². The van der Waals surface area contributed by atoms with E-state index in [1.807, 2.05) is 0 Å². The van der Waals surface area contributed by atoms with Gasteiger partial charge in [0.15, 0.2) is 0 Å². The zero-order valence-corrected chi connectivity index (χ0v) is 25.4. The summed E-state index contributed by atoms with van der Waals surface area (Å²) >= 11 is 0. The van der Waals surface area contributed by atoms with Crippen molar-refractivity contribution >= 4 is 86.6 Å². The predicted octanol–water partition coefficient (Wildman–Crippen LogP) is 13.3. The topological polar surface area (TPSA) is 13.1 Å². The molecule has 11 aromatic rings. The molecule has 0 saturated carbocycles. The highest BCUT2D eigenvalue weighted by atomic mass is 16.3. The molecule has 0 fully saturated rings. The SMILES string of the molecule is c1ccc2cc3c(cc2c1)oc1c(-c2ccc4ccc5cccc6ccc2c4c56)ccc(-c2ccc4ccc5ccccc5c4c2)c13. The van der Waals surface area contributed by atoms with Gasteiger partial charge in [-0.25, -0.2) is 0 Å². The molecule has 0 spiro atoms. The van der Waals surface area contributed by atoms with Crippen molar-refractivity contribution in [2.75, 3.05) is 0 Å². The highest BCUT2D eigenvalue weighted by molar-refractivity contribution is 6.27. The van der Waals surface area contributed by atoms with Crippen LogP contribution >= 0.6 is 0 Å². The van der Waals surface area contributed by atoms with Gasteiger partial charge in [0, 0.05) is 16.3 Å². The van der Waals surface area contributed by atoms with Crippen molar-refractivity contribution in [2.45, 2.75) is 0 Å². The first-order valence-corrected chi connectivity index (χ1v) is 16.3. The number of rotatable bonds is 2. The third-order valence-corrected chi connectivity index (χ3v) is 10.4. The predicted molar refractivity (Wildman–Crippen MR) is 201 cm³/mol. The van der Waals surface area contributed by atoms with Crippen LogP contribution in [0.25, 0.3) is 109 Å². The van der Waals surface area contributed by atoms with Crippen molar-refractivity contribution in [3.05, 3.63) is 158 Å². The standard InChI is InChI=1S/C46H26O/c1-2-8-33-26-42-41(24-32(33)7-1)45-36(34-17-14-28-13-12-27-6-3-4-11-35(27)40(28)25-34)22-23-39(46(45)47-42)37-20-18-31-16-15-29-9-5-10-30-19-21-38(37)44(31)43(29)30/h1-26H. The molecule has 0 atom stereocenters. The number of hydrogen-bond acceptors (Lipinski definition) is 1. The minimum absolute atomic E-state index is 0.913. The zero-order chi connectivity index (χ0) is 30.6. The first-order valence-electron chi connectivity index (χ1n) is 16.3. The number of benzene rings is 10. The summed E-state index contributed by atoms with van der Waals surface area (Å²) < 4.78 is 6.96. The molecule has 10 aromatic carbocycles. The molecule has 0 saturated heterocycles. The van der Waals surface area contributed by atoms with Gasteiger partial charge in [0.1, 0.15) is 11.2 Å².